The van der Waals surface area contributed by atoms with E-state index in [9.17, 15) is 19.5 Å². The molecule has 1 aliphatic heterocycles. The Morgan fingerprint density at radius 2 is 1.78 bits per heavy atom. The van der Waals surface area contributed by atoms with E-state index in [-0.39, 0.29) is 52.2 Å². The Morgan fingerprint density at radius 3 is 2.44 bits per heavy atom. The maximum absolute atomic E-state index is 14.2. The molecule has 7 rings (SSSR count). The molecule has 192 valence electrons. The largest absolute Gasteiger partial charge is 0.481 e. The van der Waals surface area contributed by atoms with Crippen molar-refractivity contribution < 1.29 is 19.5 Å². The first-order valence-electron chi connectivity index (χ1n) is 13.9. The summed E-state index contributed by atoms with van der Waals surface area (Å²) in [6.07, 6.45) is 7.63. The van der Waals surface area contributed by atoms with E-state index in [4.69, 9.17) is 0 Å². The highest BCUT2D eigenvalue weighted by molar-refractivity contribution is 6.06. The quantitative estimate of drug-likeness (QED) is 0.435. The third-order valence-corrected chi connectivity index (χ3v) is 11.4. The summed E-state index contributed by atoms with van der Waals surface area (Å²) in [5.41, 5.74) is 1.14. The molecule has 3 saturated carbocycles. The molecule has 1 aromatic rings. The molecule has 6 aliphatic rings. The van der Waals surface area contributed by atoms with Crippen LogP contribution >= 0.6 is 0 Å². The van der Waals surface area contributed by atoms with Gasteiger partial charge in [0.25, 0.3) is 0 Å². The highest BCUT2D eigenvalue weighted by Crippen LogP contribution is 2.74. The van der Waals surface area contributed by atoms with E-state index in [1.54, 1.807) is 4.90 Å². The average molecular weight is 490 g/mol. The summed E-state index contributed by atoms with van der Waals surface area (Å²) >= 11 is 0. The first kappa shape index (κ1) is 23.9. The van der Waals surface area contributed by atoms with Gasteiger partial charge in [0.1, 0.15) is 0 Å². The number of carbonyl (C=O) groups excluding carboxylic acids is 2. The molecular weight excluding hydrogens is 450 g/mol. The van der Waals surface area contributed by atoms with E-state index in [0.717, 1.165) is 44.1 Å². The third kappa shape index (κ3) is 2.92. The molecular formula is C31H39NO4. The predicted molar refractivity (Wildman–Crippen MR) is 136 cm³/mol. The van der Waals surface area contributed by atoms with Crippen molar-refractivity contribution in [1.82, 2.24) is 4.90 Å². The molecule has 1 aromatic carbocycles. The van der Waals surface area contributed by atoms with Crippen molar-refractivity contribution in [2.24, 2.45) is 51.8 Å². The van der Waals surface area contributed by atoms with Gasteiger partial charge in [0, 0.05) is 5.41 Å². The lowest BCUT2D eigenvalue weighted by Gasteiger charge is -2.68. The summed E-state index contributed by atoms with van der Waals surface area (Å²) in [4.78, 5) is 42.2. The van der Waals surface area contributed by atoms with Gasteiger partial charge in [-0.1, -0.05) is 69.2 Å². The van der Waals surface area contributed by atoms with Gasteiger partial charge in [0.05, 0.1) is 23.8 Å². The molecule has 36 heavy (non-hydrogen) atoms. The zero-order valence-electron chi connectivity index (χ0n) is 22.0. The van der Waals surface area contributed by atoms with Gasteiger partial charge >= 0.3 is 5.97 Å². The van der Waals surface area contributed by atoms with Crippen LogP contribution in [0.25, 0.3) is 0 Å². The fraction of sp³-hybridized carbons (Fsp3) is 0.645. The van der Waals surface area contributed by atoms with Crippen LogP contribution in [-0.2, 0) is 20.9 Å². The fourth-order valence-corrected chi connectivity index (χ4v) is 9.94. The van der Waals surface area contributed by atoms with Gasteiger partial charge in [-0.3, -0.25) is 19.3 Å². The van der Waals surface area contributed by atoms with Crippen molar-refractivity contribution in [3.05, 3.63) is 47.5 Å². The molecule has 5 heteroatoms. The number of hydrogen-bond donors (Lipinski definition) is 1. The molecule has 1 saturated heterocycles. The summed E-state index contributed by atoms with van der Waals surface area (Å²) in [5.74, 6) is -0.486. The normalized spacial score (nSPS) is 43.2. The Kier molecular flexibility index (Phi) is 5.18. The summed E-state index contributed by atoms with van der Waals surface area (Å²) in [5, 5.41) is 10.3. The Hall–Kier alpha value is -2.43. The topological polar surface area (TPSA) is 74.7 Å². The molecule has 1 N–H and O–H groups in total. The second-order valence-electron chi connectivity index (χ2n) is 13.2. The zero-order valence-corrected chi connectivity index (χ0v) is 22.0. The maximum Gasteiger partial charge on any atom is 0.309 e. The maximum atomic E-state index is 14.2. The molecule has 2 bridgehead atoms. The summed E-state index contributed by atoms with van der Waals surface area (Å²) in [7, 11) is 0. The SMILES string of the molecule is CC(C)C1=CC23CCC4C(C)(C(=O)O)CCCC4(C)C2CC1C1C(=O)N(Cc2ccccc2)C(=O)C13. The smallest absolute Gasteiger partial charge is 0.309 e. The van der Waals surface area contributed by atoms with Gasteiger partial charge in [-0.2, -0.15) is 0 Å². The first-order valence-corrected chi connectivity index (χ1v) is 13.9. The van der Waals surface area contributed by atoms with Crippen LogP contribution in [-0.4, -0.2) is 27.8 Å². The highest BCUT2D eigenvalue weighted by atomic mass is 16.4. The lowest BCUT2D eigenvalue weighted by Crippen LogP contribution is -2.65. The second kappa shape index (κ2) is 7.79. The van der Waals surface area contributed by atoms with E-state index < -0.39 is 11.4 Å². The summed E-state index contributed by atoms with van der Waals surface area (Å²) < 4.78 is 0. The van der Waals surface area contributed by atoms with Gasteiger partial charge in [-0.25, -0.2) is 0 Å². The van der Waals surface area contributed by atoms with E-state index >= 15 is 0 Å². The summed E-state index contributed by atoms with van der Waals surface area (Å²) in [6, 6.07) is 9.82. The van der Waals surface area contributed by atoms with Gasteiger partial charge < -0.3 is 5.11 Å². The van der Waals surface area contributed by atoms with Gasteiger partial charge in [-0.05, 0) is 73.7 Å². The number of rotatable bonds is 4. The van der Waals surface area contributed by atoms with Crippen LogP contribution in [0.1, 0.15) is 71.8 Å². The van der Waals surface area contributed by atoms with Crippen molar-refractivity contribution in [1.29, 1.82) is 0 Å². The van der Waals surface area contributed by atoms with Crippen LogP contribution < -0.4 is 0 Å². The second-order valence-corrected chi connectivity index (χ2v) is 13.2. The number of hydrogen-bond acceptors (Lipinski definition) is 3. The van der Waals surface area contributed by atoms with E-state index in [2.05, 4.69) is 26.8 Å². The number of carboxylic acid groups (broad SMARTS) is 1. The van der Waals surface area contributed by atoms with E-state index in [0.29, 0.717) is 12.5 Å². The minimum absolute atomic E-state index is 0.00136. The van der Waals surface area contributed by atoms with E-state index in [1.807, 2.05) is 37.3 Å². The van der Waals surface area contributed by atoms with Crippen molar-refractivity contribution in [2.45, 2.75) is 72.8 Å². The van der Waals surface area contributed by atoms with Crippen LogP contribution in [0.3, 0.4) is 0 Å². The van der Waals surface area contributed by atoms with E-state index in [1.165, 1.54) is 5.57 Å². The zero-order chi connectivity index (χ0) is 25.6. The van der Waals surface area contributed by atoms with Gasteiger partial charge in [0.2, 0.25) is 11.8 Å². The Labute approximate surface area is 214 Å². The molecule has 5 aliphatic carbocycles. The lowest BCUT2D eigenvalue weighted by molar-refractivity contribution is -0.194. The number of benzene rings is 1. The standard InChI is InChI=1S/C31H39NO4/c1-18(2)21-16-31-14-11-22-29(3,12-8-13-30(22,4)28(35)36)23(31)15-20(21)24-25(31)27(34)32(26(24)33)17-19-9-6-5-7-10-19/h5-7,9-10,16,18,20,22-25H,8,11-15,17H2,1-4H3,(H,35,36). The number of fused-ring (bicyclic) bond motifs is 1. The average Bonchev–Trinajstić information content (AvgIpc) is 3.11. The van der Waals surface area contributed by atoms with Crippen molar-refractivity contribution >= 4 is 17.8 Å². The van der Waals surface area contributed by atoms with Crippen LogP contribution in [0.4, 0.5) is 0 Å². The number of allylic oxidation sites excluding steroid dienone is 2. The molecule has 5 nitrogen and oxygen atoms in total. The van der Waals surface area contributed by atoms with Crippen LogP contribution in [0.2, 0.25) is 0 Å². The van der Waals surface area contributed by atoms with Crippen LogP contribution in [0.15, 0.2) is 42.0 Å². The molecule has 0 radical (unpaired) electrons. The first-order chi connectivity index (χ1) is 17.0. The Morgan fingerprint density at radius 1 is 1.06 bits per heavy atom. The molecule has 4 fully saturated rings. The molecule has 2 amide bonds. The highest BCUT2D eigenvalue weighted by Gasteiger charge is 2.73. The Bertz CT molecular complexity index is 1160. The molecule has 1 spiro atoms. The number of aliphatic carboxylic acids is 1. The van der Waals surface area contributed by atoms with Crippen molar-refractivity contribution in [3.63, 3.8) is 0 Å². The molecule has 8 atom stereocenters. The number of nitrogens with zero attached hydrogens (tertiary/aromatic N) is 1. The van der Waals surface area contributed by atoms with Crippen LogP contribution in [0, 0.1) is 51.8 Å². The lowest BCUT2D eigenvalue weighted by atomic mass is 9.34. The van der Waals surface area contributed by atoms with Gasteiger partial charge in [-0.15, -0.1) is 0 Å². The molecule has 8 unspecified atom stereocenters. The summed E-state index contributed by atoms with van der Waals surface area (Å²) in [6.45, 7) is 9.05. The van der Waals surface area contributed by atoms with Crippen LogP contribution in [0.5, 0.6) is 0 Å². The number of likely N-dealkylation sites (tertiary alicyclic amines) is 1. The fourth-order valence-electron chi connectivity index (χ4n) is 9.94. The Balaban J connectivity index is 1.45. The minimum Gasteiger partial charge on any atom is -0.481 e. The number of carbonyl (C=O) groups is 3. The van der Waals surface area contributed by atoms with Gasteiger partial charge in [0.15, 0.2) is 0 Å². The third-order valence-electron chi connectivity index (χ3n) is 11.4. The minimum atomic E-state index is -0.718. The van der Waals surface area contributed by atoms with Crippen molar-refractivity contribution in [3.8, 4) is 0 Å². The predicted octanol–water partition coefficient (Wildman–Crippen LogP) is 5.70. The number of imide groups is 1. The number of amides is 2. The number of carboxylic acids is 1. The van der Waals surface area contributed by atoms with Crippen molar-refractivity contribution in [2.75, 3.05) is 0 Å². The molecule has 0 aromatic heterocycles. The monoisotopic (exact) mass is 489 g/mol. The molecule has 1 heterocycles.